The highest BCUT2D eigenvalue weighted by molar-refractivity contribution is 7.15. The number of thiazole rings is 1. The van der Waals surface area contributed by atoms with Crippen molar-refractivity contribution in [2.24, 2.45) is 5.92 Å². The van der Waals surface area contributed by atoms with Crippen molar-refractivity contribution < 1.29 is 9.53 Å². The largest absolute Gasteiger partial charge is 0.464 e. The smallest absolute Gasteiger partial charge is 0.357 e. The van der Waals surface area contributed by atoms with E-state index in [1.165, 1.54) is 18.4 Å². The van der Waals surface area contributed by atoms with Crippen molar-refractivity contribution in [2.45, 2.75) is 40.2 Å². The first kappa shape index (κ1) is 14.0. The summed E-state index contributed by atoms with van der Waals surface area (Å²) < 4.78 is 4.68. The molecule has 1 aromatic heterocycles. The van der Waals surface area contributed by atoms with Gasteiger partial charge in [-0.05, 0) is 26.2 Å². The average molecular weight is 256 g/mol. The Morgan fingerprint density at radius 2 is 2.12 bits per heavy atom. The SMILES string of the molecule is COC(=O)c1nc(NC(C)CC(C)C)sc1C. The van der Waals surface area contributed by atoms with E-state index in [1.54, 1.807) is 0 Å². The molecule has 0 aliphatic carbocycles. The van der Waals surface area contributed by atoms with Gasteiger partial charge in [0.25, 0.3) is 0 Å². The molecule has 0 saturated carbocycles. The van der Waals surface area contributed by atoms with Gasteiger partial charge in [-0.1, -0.05) is 13.8 Å². The first-order valence-electron chi connectivity index (χ1n) is 5.76. The van der Waals surface area contributed by atoms with Gasteiger partial charge in [0.15, 0.2) is 10.8 Å². The number of nitrogens with one attached hydrogen (secondary N) is 1. The van der Waals surface area contributed by atoms with Gasteiger partial charge in [0.05, 0.1) is 7.11 Å². The molecule has 1 N–H and O–H groups in total. The number of carbonyl (C=O) groups excluding carboxylic acids is 1. The van der Waals surface area contributed by atoms with Crippen LogP contribution in [0.3, 0.4) is 0 Å². The molecule has 0 radical (unpaired) electrons. The molecular weight excluding hydrogens is 236 g/mol. The van der Waals surface area contributed by atoms with Crippen LogP contribution in [0.25, 0.3) is 0 Å². The Kier molecular flexibility index (Phi) is 4.93. The number of methoxy groups -OCH3 is 1. The maximum absolute atomic E-state index is 11.4. The van der Waals surface area contributed by atoms with Crippen LogP contribution in [0.2, 0.25) is 0 Å². The predicted octanol–water partition coefficient (Wildman–Crippen LogP) is 3.08. The highest BCUT2D eigenvalue weighted by Crippen LogP contribution is 2.24. The molecule has 0 bridgehead atoms. The van der Waals surface area contributed by atoms with E-state index in [-0.39, 0.29) is 5.97 Å². The zero-order valence-electron chi connectivity index (χ0n) is 11.0. The molecule has 0 aliphatic rings. The van der Waals surface area contributed by atoms with E-state index in [9.17, 15) is 4.79 Å². The number of hydrogen-bond donors (Lipinski definition) is 1. The Labute approximate surface area is 106 Å². The topological polar surface area (TPSA) is 51.2 Å². The second-order valence-electron chi connectivity index (χ2n) is 4.59. The molecule has 1 unspecified atom stereocenters. The second-order valence-corrected chi connectivity index (χ2v) is 5.79. The molecule has 0 fully saturated rings. The lowest BCUT2D eigenvalue weighted by molar-refractivity contribution is 0.0594. The van der Waals surface area contributed by atoms with Crippen LogP contribution in [0.4, 0.5) is 5.13 Å². The lowest BCUT2D eigenvalue weighted by Gasteiger charge is -2.14. The molecule has 1 heterocycles. The quantitative estimate of drug-likeness (QED) is 0.823. The Balaban J connectivity index is 2.70. The lowest BCUT2D eigenvalue weighted by atomic mass is 10.1. The van der Waals surface area contributed by atoms with Gasteiger partial charge in [-0.25, -0.2) is 9.78 Å². The number of nitrogens with zero attached hydrogens (tertiary/aromatic N) is 1. The number of aryl methyl sites for hydroxylation is 1. The number of esters is 1. The lowest BCUT2D eigenvalue weighted by Crippen LogP contribution is -2.17. The molecule has 1 aromatic rings. The monoisotopic (exact) mass is 256 g/mol. The van der Waals surface area contributed by atoms with Crippen LogP contribution < -0.4 is 5.32 Å². The molecule has 96 valence electrons. The zero-order chi connectivity index (χ0) is 13.0. The number of aromatic nitrogens is 1. The summed E-state index contributed by atoms with van der Waals surface area (Å²) in [5.41, 5.74) is 0.414. The van der Waals surface area contributed by atoms with E-state index >= 15 is 0 Å². The van der Waals surface area contributed by atoms with Gasteiger partial charge in [-0.2, -0.15) is 0 Å². The summed E-state index contributed by atoms with van der Waals surface area (Å²) in [6.07, 6.45) is 1.08. The molecule has 1 atom stereocenters. The third kappa shape index (κ3) is 4.00. The molecule has 0 aromatic carbocycles. The van der Waals surface area contributed by atoms with Crippen molar-refractivity contribution in [1.82, 2.24) is 4.98 Å². The summed E-state index contributed by atoms with van der Waals surface area (Å²) in [5, 5.41) is 4.10. The van der Waals surface area contributed by atoms with Gasteiger partial charge in [0, 0.05) is 10.9 Å². The van der Waals surface area contributed by atoms with Crippen LogP contribution in [0, 0.1) is 12.8 Å². The van der Waals surface area contributed by atoms with E-state index in [0.717, 1.165) is 16.4 Å². The molecule has 4 nitrogen and oxygen atoms in total. The average Bonchev–Trinajstić information content (AvgIpc) is 2.56. The second kappa shape index (κ2) is 6.00. The molecule has 1 rings (SSSR count). The molecule has 0 saturated heterocycles. The number of hydrogen-bond acceptors (Lipinski definition) is 5. The third-order valence-corrected chi connectivity index (χ3v) is 3.27. The minimum absolute atomic E-state index is 0.353. The Morgan fingerprint density at radius 1 is 1.47 bits per heavy atom. The van der Waals surface area contributed by atoms with Gasteiger partial charge >= 0.3 is 5.97 Å². The Morgan fingerprint density at radius 3 is 2.65 bits per heavy atom. The number of carbonyl (C=O) groups is 1. The minimum Gasteiger partial charge on any atom is -0.464 e. The van der Waals surface area contributed by atoms with Crippen molar-refractivity contribution in [3.05, 3.63) is 10.6 Å². The maximum atomic E-state index is 11.4. The summed E-state index contributed by atoms with van der Waals surface area (Å²) in [7, 11) is 1.37. The fraction of sp³-hybridized carbons (Fsp3) is 0.667. The van der Waals surface area contributed by atoms with E-state index in [0.29, 0.717) is 17.7 Å². The van der Waals surface area contributed by atoms with Gasteiger partial charge in [-0.15, -0.1) is 11.3 Å². The number of anilines is 1. The zero-order valence-corrected chi connectivity index (χ0v) is 11.9. The highest BCUT2D eigenvalue weighted by Gasteiger charge is 2.16. The van der Waals surface area contributed by atoms with Crippen LogP contribution >= 0.6 is 11.3 Å². The normalized spacial score (nSPS) is 12.6. The molecule has 17 heavy (non-hydrogen) atoms. The Hall–Kier alpha value is -1.10. The first-order valence-corrected chi connectivity index (χ1v) is 6.58. The Bertz CT molecular complexity index is 388. The van der Waals surface area contributed by atoms with Gasteiger partial charge < -0.3 is 10.1 Å². The van der Waals surface area contributed by atoms with E-state index in [2.05, 4.69) is 35.8 Å². The summed E-state index contributed by atoms with van der Waals surface area (Å²) in [5.74, 6) is 0.266. The minimum atomic E-state index is -0.372. The molecule has 0 amide bonds. The summed E-state index contributed by atoms with van der Waals surface area (Å²) >= 11 is 1.49. The van der Waals surface area contributed by atoms with E-state index in [4.69, 9.17) is 0 Å². The van der Waals surface area contributed by atoms with Crippen molar-refractivity contribution in [2.75, 3.05) is 12.4 Å². The van der Waals surface area contributed by atoms with Crippen molar-refractivity contribution in [3.8, 4) is 0 Å². The molecule has 0 spiro atoms. The van der Waals surface area contributed by atoms with Crippen LogP contribution in [0.1, 0.15) is 42.6 Å². The number of rotatable bonds is 5. The standard InChI is InChI=1S/C12H20N2O2S/c1-7(2)6-8(3)13-12-14-10(9(4)17-12)11(15)16-5/h7-8H,6H2,1-5H3,(H,13,14). The van der Waals surface area contributed by atoms with E-state index < -0.39 is 0 Å². The van der Waals surface area contributed by atoms with Gasteiger partial charge in [0.1, 0.15) is 0 Å². The molecular formula is C12H20N2O2S. The van der Waals surface area contributed by atoms with Gasteiger partial charge in [0.2, 0.25) is 0 Å². The maximum Gasteiger partial charge on any atom is 0.357 e. The van der Waals surface area contributed by atoms with Crippen LogP contribution in [0.5, 0.6) is 0 Å². The third-order valence-electron chi connectivity index (χ3n) is 2.37. The van der Waals surface area contributed by atoms with Crippen LogP contribution in [0.15, 0.2) is 0 Å². The first-order chi connectivity index (χ1) is 7.93. The van der Waals surface area contributed by atoms with Gasteiger partial charge in [-0.3, -0.25) is 0 Å². The number of ether oxygens (including phenoxy) is 1. The fourth-order valence-electron chi connectivity index (χ4n) is 1.72. The van der Waals surface area contributed by atoms with Crippen molar-refractivity contribution >= 4 is 22.4 Å². The highest BCUT2D eigenvalue weighted by atomic mass is 32.1. The van der Waals surface area contributed by atoms with Crippen LogP contribution in [-0.2, 0) is 4.74 Å². The van der Waals surface area contributed by atoms with Crippen molar-refractivity contribution in [1.29, 1.82) is 0 Å². The van der Waals surface area contributed by atoms with Crippen molar-refractivity contribution in [3.63, 3.8) is 0 Å². The summed E-state index contributed by atoms with van der Waals surface area (Å²) in [4.78, 5) is 16.6. The van der Waals surface area contributed by atoms with E-state index in [1.807, 2.05) is 6.92 Å². The van der Waals surface area contributed by atoms with Crippen LogP contribution in [-0.4, -0.2) is 24.1 Å². The summed E-state index contributed by atoms with van der Waals surface area (Å²) in [6, 6.07) is 0.353. The molecule has 0 aliphatic heterocycles. The molecule has 5 heteroatoms. The summed E-state index contributed by atoms with van der Waals surface area (Å²) in [6.45, 7) is 8.37. The predicted molar refractivity (Wildman–Crippen MR) is 70.7 cm³/mol. The fourth-order valence-corrected chi connectivity index (χ4v) is 2.63.